The molecule has 0 aromatic heterocycles. The van der Waals surface area contributed by atoms with Gasteiger partial charge in [-0.25, -0.2) is 0 Å². The topological polar surface area (TPSA) is 208 Å². The molecule has 2 saturated heterocycles. The van der Waals surface area contributed by atoms with Gasteiger partial charge in [-0.2, -0.15) is 0 Å². The zero-order valence-electron chi connectivity index (χ0n) is 13.5. The van der Waals surface area contributed by atoms with E-state index in [0.717, 1.165) is 16.7 Å². The number of fused-ring (bicyclic) bond motifs is 1. The average Bonchev–Trinajstić information content (AvgIpc) is 3.06. The summed E-state index contributed by atoms with van der Waals surface area (Å²) >= 11 is 1.08. The lowest BCUT2D eigenvalue weighted by Crippen LogP contribution is -2.53. The van der Waals surface area contributed by atoms with Gasteiger partial charge in [0.25, 0.3) is 0 Å². The molecule has 2 aliphatic heterocycles. The Morgan fingerprint density at radius 2 is 2.00 bits per heavy atom. The zero-order valence-corrected chi connectivity index (χ0v) is 14.3. The minimum atomic E-state index is -1.79. The van der Waals surface area contributed by atoms with E-state index in [1.54, 1.807) is 0 Å². The quantitative estimate of drug-likeness (QED) is 0.191. The van der Waals surface area contributed by atoms with E-state index in [2.05, 4.69) is 25.4 Å². The maximum absolute atomic E-state index is 12.7. The summed E-state index contributed by atoms with van der Waals surface area (Å²) in [6, 6.07) is -2.60. The molecule has 142 valence electrons. The van der Waals surface area contributed by atoms with Gasteiger partial charge in [0.15, 0.2) is 0 Å². The van der Waals surface area contributed by atoms with Gasteiger partial charge in [-0.15, -0.1) is 11.8 Å². The Morgan fingerprint density at radius 1 is 1.27 bits per heavy atom. The third kappa shape index (κ3) is 3.96. The van der Waals surface area contributed by atoms with Crippen LogP contribution in [0.3, 0.4) is 0 Å². The highest BCUT2D eigenvalue weighted by Gasteiger charge is 2.53. The standard InChI is InChI=1S/C12H18N8O5S/c13-18-16-3-1-2-15-10(24)5-4-26-12-9(23)8(22)7(21)6(17-19-14)11(25)20(5)12/h5-9,12,21-23H,1-4H2,(H,15,24)/t5-,6-,7+,8-,9+,12+/m0/s1. The number of thioether (sulfide) groups is 1. The molecule has 2 rings (SSSR count). The molecule has 0 saturated carbocycles. The van der Waals surface area contributed by atoms with Crippen LogP contribution in [0.2, 0.25) is 0 Å². The zero-order chi connectivity index (χ0) is 19.3. The molecule has 6 atom stereocenters. The van der Waals surface area contributed by atoms with Crippen LogP contribution in [-0.4, -0.2) is 86.6 Å². The number of amides is 2. The summed E-state index contributed by atoms with van der Waals surface area (Å²) in [5.41, 5.74) is 16.8. The van der Waals surface area contributed by atoms with Crippen molar-refractivity contribution >= 4 is 23.6 Å². The van der Waals surface area contributed by atoms with E-state index in [1.165, 1.54) is 0 Å². The van der Waals surface area contributed by atoms with E-state index >= 15 is 0 Å². The molecule has 26 heavy (non-hydrogen) atoms. The molecular formula is C12H18N8O5S. The van der Waals surface area contributed by atoms with Crippen molar-refractivity contribution in [3.05, 3.63) is 20.9 Å². The van der Waals surface area contributed by atoms with Crippen LogP contribution in [0.15, 0.2) is 10.2 Å². The van der Waals surface area contributed by atoms with Crippen molar-refractivity contribution in [2.24, 2.45) is 10.2 Å². The number of rotatable bonds is 6. The summed E-state index contributed by atoms with van der Waals surface area (Å²) in [7, 11) is 0. The van der Waals surface area contributed by atoms with Gasteiger partial charge < -0.3 is 25.5 Å². The van der Waals surface area contributed by atoms with Crippen LogP contribution in [-0.2, 0) is 9.59 Å². The average molecular weight is 386 g/mol. The largest absolute Gasteiger partial charge is 0.389 e. The van der Waals surface area contributed by atoms with Gasteiger partial charge in [-0.3, -0.25) is 9.59 Å². The fourth-order valence-electron chi connectivity index (χ4n) is 2.83. The monoisotopic (exact) mass is 386 g/mol. The molecule has 0 aromatic rings. The number of hydrogen-bond donors (Lipinski definition) is 4. The Balaban J connectivity index is 2.16. The van der Waals surface area contributed by atoms with Crippen LogP contribution in [0.25, 0.3) is 20.9 Å². The Labute approximate surface area is 151 Å². The molecule has 0 aromatic carbocycles. The van der Waals surface area contributed by atoms with Crippen molar-refractivity contribution in [3.63, 3.8) is 0 Å². The van der Waals surface area contributed by atoms with E-state index in [-0.39, 0.29) is 18.8 Å². The van der Waals surface area contributed by atoms with Crippen molar-refractivity contribution in [3.8, 4) is 0 Å². The van der Waals surface area contributed by atoms with Gasteiger partial charge >= 0.3 is 0 Å². The van der Waals surface area contributed by atoms with Gasteiger partial charge in [0, 0.05) is 28.7 Å². The molecule has 0 aliphatic carbocycles. The van der Waals surface area contributed by atoms with E-state index in [9.17, 15) is 24.9 Å². The molecule has 4 N–H and O–H groups in total. The van der Waals surface area contributed by atoms with Gasteiger partial charge in [0.05, 0.1) is 6.10 Å². The first-order valence-electron chi connectivity index (χ1n) is 7.74. The SMILES string of the molecule is [N-]=[N+]=NCCCNC(=O)[C@@H]1CS[C@@H]2[C@H](O)[C@@H](O)[C@H](O)[C@H](N=[N+]=[N-])C(=O)N21. The van der Waals surface area contributed by atoms with Crippen LogP contribution in [0.5, 0.6) is 0 Å². The van der Waals surface area contributed by atoms with Crippen molar-refractivity contribution in [1.82, 2.24) is 10.2 Å². The number of nitrogens with zero attached hydrogens (tertiary/aromatic N) is 7. The van der Waals surface area contributed by atoms with Crippen LogP contribution in [0, 0.1) is 0 Å². The van der Waals surface area contributed by atoms with E-state index in [1.807, 2.05) is 0 Å². The van der Waals surface area contributed by atoms with Crippen molar-refractivity contribution in [2.75, 3.05) is 18.8 Å². The van der Waals surface area contributed by atoms with Gasteiger partial charge in [-0.1, -0.05) is 10.2 Å². The second-order valence-electron chi connectivity index (χ2n) is 5.71. The summed E-state index contributed by atoms with van der Waals surface area (Å²) in [5, 5.41) is 38.5. The summed E-state index contributed by atoms with van der Waals surface area (Å²) < 4.78 is 0. The minimum absolute atomic E-state index is 0.168. The van der Waals surface area contributed by atoms with Gasteiger partial charge in [-0.05, 0) is 17.5 Å². The Morgan fingerprint density at radius 3 is 2.65 bits per heavy atom. The van der Waals surface area contributed by atoms with Gasteiger partial charge in [0.1, 0.15) is 29.7 Å². The van der Waals surface area contributed by atoms with Crippen LogP contribution < -0.4 is 5.32 Å². The minimum Gasteiger partial charge on any atom is -0.389 e. The lowest BCUT2D eigenvalue weighted by atomic mass is 10.0. The Bertz CT molecular complexity index is 652. The highest BCUT2D eigenvalue weighted by atomic mass is 32.2. The first kappa shape index (κ1) is 20.1. The van der Waals surface area contributed by atoms with E-state index < -0.39 is 47.6 Å². The lowest BCUT2D eigenvalue weighted by Gasteiger charge is -2.30. The normalized spacial score (nSPS) is 33.5. The third-order valence-corrected chi connectivity index (χ3v) is 5.49. The molecule has 13 nitrogen and oxygen atoms in total. The summed E-state index contributed by atoms with van der Waals surface area (Å²) in [6.07, 6.45) is -4.59. The summed E-state index contributed by atoms with van der Waals surface area (Å²) in [6.45, 7) is 0.427. The maximum atomic E-state index is 12.7. The third-order valence-electron chi connectivity index (χ3n) is 4.13. The fourth-order valence-corrected chi connectivity index (χ4v) is 4.29. The first-order valence-corrected chi connectivity index (χ1v) is 8.79. The predicted octanol–water partition coefficient (Wildman–Crippen LogP) is -1.15. The van der Waals surface area contributed by atoms with Crippen molar-refractivity contribution < 1.29 is 24.9 Å². The second kappa shape index (κ2) is 8.94. The number of carbonyl (C=O) groups excluding carboxylic acids is 2. The smallest absolute Gasteiger partial charge is 0.243 e. The molecule has 0 bridgehead atoms. The number of aliphatic hydroxyl groups excluding tert-OH is 3. The maximum Gasteiger partial charge on any atom is 0.243 e. The molecule has 2 heterocycles. The number of aliphatic hydroxyl groups is 3. The van der Waals surface area contributed by atoms with E-state index in [4.69, 9.17) is 11.1 Å². The highest BCUT2D eigenvalue weighted by molar-refractivity contribution is 8.00. The van der Waals surface area contributed by atoms with Crippen molar-refractivity contribution in [2.45, 2.75) is 42.2 Å². The summed E-state index contributed by atoms with van der Waals surface area (Å²) in [5.74, 6) is -1.16. The van der Waals surface area contributed by atoms with Crippen molar-refractivity contribution in [1.29, 1.82) is 0 Å². The highest BCUT2D eigenvalue weighted by Crippen LogP contribution is 2.37. The van der Waals surface area contributed by atoms with Crippen LogP contribution in [0.1, 0.15) is 6.42 Å². The Kier molecular flexibility index (Phi) is 6.91. The fraction of sp³-hybridized carbons (Fsp3) is 0.833. The van der Waals surface area contributed by atoms with E-state index in [0.29, 0.717) is 6.42 Å². The predicted molar refractivity (Wildman–Crippen MR) is 89.5 cm³/mol. The molecule has 2 fully saturated rings. The number of carbonyl (C=O) groups is 2. The summed E-state index contributed by atoms with van der Waals surface area (Å²) in [4.78, 5) is 31.2. The number of nitrogens with one attached hydrogen (secondary N) is 1. The molecule has 0 spiro atoms. The van der Waals surface area contributed by atoms with Gasteiger partial charge in [0.2, 0.25) is 11.8 Å². The number of azide groups is 2. The molecule has 0 radical (unpaired) electrons. The number of hydrogen-bond acceptors (Lipinski definition) is 8. The molecule has 2 aliphatic rings. The molecular weight excluding hydrogens is 368 g/mol. The van der Waals surface area contributed by atoms with Crippen LogP contribution >= 0.6 is 11.8 Å². The second-order valence-corrected chi connectivity index (χ2v) is 6.86. The molecule has 14 heteroatoms. The van der Waals surface area contributed by atoms with Crippen LogP contribution in [0.4, 0.5) is 0 Å². The lowest BCUT2D eigenvalue weighted by molar-refractivity contribution is -0.142. The Hall–Kier alpha value is -2.21. The molecule has 2 amide bonds. The molecule has 0 unspecified atom stereocenters. The first-order chi connectivity index (χ1) is 12.4.